The van der Waals surface area contributed by atoms with E-state index in [0.29, 0.717) is 0 Å². The molecule has 4 aromatic carbocycles. The predicted octanol–water partition coefficient (Wildman–Crippen LogP) is 10.4. The van der Waals surface area contributed by atoms with E-state index in [1.807, 2.05) is 12.1 Å². The van der Waals surface area contributed by atoms with E-state index in [2.05, 4.69) is 156 Å². The van der Waals surface area contributed by atoms with Crippen LogP contribution in [-0.2, 0) is 0 Å². The Morgan fingerprint density at radius 2 is 1.33 bits per heavy atom. The van der Waals surface area contributed by atoms with Crippen LogP contribution in [0.4, 0.5) is 22.7 Å². The number of aryl methyl sites for hydroxylation is 1. The first-order valence-electron chi connectivity index (χ1n) is 14.8. The van der Waals surface area contributed by atoms with Crippen LogP contribution in [-0.4, -0.2) is 0 Å². The zero-order valence-electron chi connectivity index (χ0n) is 24.1. The Hall–Kier alpha value is -5.02. The molecule has 2 aliphatic rings. The highest BCUT2D eigenvalue weighted by atomic mass is 14.9. The SMILES string of the molecule is Cc1cc(NC2=CC=CCC2)ccc1C(C1=CCC=C(Nc2ccccc2)C=C1)c1ccc(Nc2ccccc2)cc1. The molecular weight excluding hydrogens is 510 g/mol. The molecule has 0 heterocycles. The van der Waals surface area contributed by atoms with Crippen LogP contribution < -0.4 is 16.0 Å². The van der Waals surface area contributed by atoms with Crippen LogP contribution in [0.5, 0.6) is 0 Å². The van der Waals surface area contributed by atoms with Crippen molar-refractivity contribution in [2.24, 2.45) is 0 Å². The minimum atomic E-state index is 0.113. The molecular formula is C39H37N3. The summed E-state index contributed by atoms with van der Waals surface area (Å²) >= 11 is 0. The molecule has 0 fully saturated rings. The van der Waals surface area contributed by atoms with Crippen LogP contribution >= 0.6 is 0 Å². The van der Waals surface area contributed by atoms with E-state index in [9.17, 15) is 0 Å². The second-order valence-electron chi connectivity index (χ2n) is 10.8. The third kappa shape index (κ3) is 6.82. The van der Waals surface area contributed by atoms with E-state index < -0.39 is 0 Å². The summed E-state index contributed by atoms with van der Waals surface area (Å²) in [7, 11) is 0. The fraction of sp³-hybridized carbons (Fsp3) is 0.128. The van der Waals surface area contributed by atoms with Crippen molar-refractivity contribution in [1.29, 1.82) is 0 Å². The Kier molecular flexibility index (Phi) is 8.47. The monoisotopic (exact) mass is 547 g/mol. The molecule has 1 atom stereocenters. The van der Waals surface area contributed by atoms with Crippen molar-refractivity contribution in [2.45, 2.75) is 32.1 Å². The zero-order chi connectivity index (χ0) is 28.6. The van der Waals surface area contributed by atoms with Crippen LogP contribution in [0.1, 0.15) is 41.9 Å². The molecule has 2 aliphatic carbocycles. The summed E-state index contributed by atoms with van der Waals surface area (Å²) in [4.78, 5) is 0. The summed E-state index contributed by atoms with van der Waals surface area (Å²) in [6.07, 6.45) is 18.6. The lowest BCUT2D eigenvalue weighted by atomic mass is 9.82. The van der Waals surface area contributed by atoms with E-state index in [1.165, 1.54) is 28.0 Å². The Morgan fingerprint density at radius 3 is 2.02 bits per heavy atom. The van der Waals surface area contributed by atoms with E-state index in [1.54, 1.807) is 0 Å². The molecule has 208 valence electrons. The van der Waals surface area contributed by atoms with E-state index >= 15 is 0 Å². The fourth-order valence-electron chi connectivity index (χ4n) is 5.61. The molecule has 0 amide bonds. The van der Waals surface area contributed by atoms with Crippen LogP contribution in [0.2, 0.25) is 0 Å². The minimum absolute atomic E-state index is 0.113. The molecule has 0 radical (unpaired) electrons. The highest BCUT2D eigenvalue weighted by molar-refractivity contribution is 5.62. The molecule has 0 saturated heterocycles. The molecule has 0 aliphatic heterocycles. The summed E-state index contributed by atoms with van der Waals surface area (Å²) in [5.74, 6) is 0.113. The van der Waals surface area contributed by atoms with Gasteiger partial charge in [-0.2, -0.15) is 0 Å². The summed E-state index contributed by atoms with van der Waals surface area (Å²) in [5, 5.41) is 10.7. The van der Waals surface area contributed by atoms with Crippen LogP contribution in [0.3, 0.4) is 0 Å². The van der Waals surface area contributed by atoms with Gasteiger partial charge in [0.1, 0.15) is 0 Å². The first-order chi connectivity index (χ1) is 20.7. The number of allylic oxidation sites excluding steroid dienone is 9. The minimum Gasteiger partial charge on any atom is -0.359 e. The number of hydrogen-bond donors (Lipinski definition) is 3. The van der Waals surface area contributed by atoms with Gasteiger partial charge >= 0.3 is 0 Å². The van der Waals surface area contributed by atoms with Gasteiger partial charge in [0.25, 0.3) is 0 Å². The maximum atomic E-state index is 3.63. The van der Waals surface area contributed by atoms with E-state index in [-0.39, 0.29) is 5.92 Å². The molecule has 0 aromatic heterocycles. The Bertz CT molecular complexity index is 1660. The first kappa shape index (κ1) is 27.2. The van der Waals surface area contributed by atoms with Gasteiger partial charge in [-0.15, -0.1) is 0 Å². The lowest BCUT2D eigenvalue weighted by Crippen LogP contribution is -2.07. The van der Waals surface area contributed by atoms with Crippen LogP contribution in [0.25, 0.3) is 0 Å². The van der Waals surface area contributed by atoms with Gasteiger partial charge in [-0.25, -0.2) is 0 Å². The van der Waals surface area contributed by atoms with Gasteiger partial charge in [-0.3, -0.25) is 0 Å². The third-order valence-electron chi connectivity index (χ3n) is 7.75. The highest BCUT2D eigenvalue weighted by Crippen LogP contribution is 2.38. The quantitative estimate of drug-likeness (QED) is 0.195. The normalized spacial score (nSPS) is 15.1. The third-order valence-corrected chi connectivity index (χ3v) is 7.75. The highest BCUT2D eigenvalue weighted by Gasteiger charge is 2.21. The van der Waals surface area contributed by atoms with Gasteiger partial charge in [-0.05, 0) is 109 Å². The molecule has 4 aromatic rings. The average molecular weight is 548 g/mol. The van der Waals surface area contributed by atoms with E-state index in [4.69, 9.17) is 0 Å². The Labute approximate surface area is 249 Å². The van der Waals surface area contributed by atoms with Gasteiger partial charge in [0.05, 0.1) is 0 Å². The lowest BCUT2D eigenvalue weighted by Gasteiger charge is -2.23. The van der Waals surface area contributed by atoms with Gasteiger partial charge in [0.15, 0.2) is 0 Å². The molecule has 0 saturated carbocycles. The number of para-hydroxylation sites is 2. The molecule has 6 rings (SSSR count). The predicted molar refractivity (Wildman–Crippen MR) is 179 cm³/mol. The number of hydrogen-bond acceptors (Lipinski definition) is 3. The molecule has 0 bridgehead atoms. The maximum absolute atomic E-state index is 3.63. The van der Waals surface area contributed by atoms with Crippen molar-refractivity contribution in [3.8, 4) is 0 Å². The molecule has 0 spiro atoms. The van der Waals surface area contributed by atoms with Crippen LogP contribution in [0.15, 0.2) is 163 Å². The van der Waals surface area contributed by atoms with Crippen molar-refractivity contribution in [1.82, 2.24) is 0 Å². The number of rotatable bonds is 9. The van der Waals surface area contributed by atoms with Crippen LogP contribution in [0, 0.1) is 6.92 Å². The maximum Gasteiger partial charge on any atom is 0.0384 e. The van der Waals surface area contributed by atoms with Crippen molar-refractivity contribution in [3.05, 3.63) is 179 Å². The summed E-state index contributed by atoms with van der Waals surface area (Å²) < 4.78 is 0. The summed E-state index contributed by atoms with van der Waals surface area (Å²) in [5.41, 5.74) is 11.9. The molecule has 3 N–H and O–H groups in total. The van der Waals surface area contributed by atoms with Crippen molar-refractivity contribution >= 4 is 22.7 Å². The van der Waals surface area contributed by atoms with Crippen molar-refractivity contribution in [3.63, 3.8) is 0 Å². The largest absolute Gasteiger partial charge is 0.359 e. The summed E-state index contributed by atoms with van der Waals surface area (Å²) in [6, 6.07) is 36.4. The van der Waals surface area contributed by atoms with Crippen molar-refractivity contribution < 1.29 is 0 Å². The Morgan fingerprint density at radius 1 is 0.643 bits per heavy atom. The smallest absolute Gasteiger partial charge is 0.0384 e. The molecule has 42 heavy (non-hydrogen) atoms. The van der Waals surface area contributed by atoms with Gasteiger partial charge in [0, 0.05) is 40.1 Å². The lowest BCUT2D eigenvalue weighted by molar-refractivity contribution is 0.951. The van der Waals surface area contributed by atoms with Gasteiger partial charge in [0.2, 0.25) is 0 Å². The number of benzene rings is 4. The molecule has 3 nitrogen and oxygen atoms in total. The topological polar surface area (TPSA) is 36.1 Å². The standard InChI is InChI=1S/C39H37N3/c1-29-28-37(42-34-17-9-4-10-18-34)26-27-38(29)39(31-21-24-36(25-22-31)41-33-15-7-3-8-16-33)30-12-11-19-35(23-20-30)40-32-13-5-2-6-14-32/h2-9,12-17,19-28,39-42H,10-11,18H2,1H3. The van der Waals surface area contributed by atoms with Crippen molar-refractivity contribution in [2.75, 3.05) is 16.0 Å². The second kappa shape index (κ2) is 13.1. The van der Waals surface area contributed by atoms with Gasteiger partial charge < -0.3 is 16.0 Å². The Balaban J connectivity index is 1.30. The zero-order valence-corrected chi connectivity index (χ0v) is 24.1. The fourth-order valence-corrected chi connectivity index (χ4v) is 5.61. The number of nitrogens with one attached hydrogen (secondary N) is 3. The summed E-state index contributed by atoms with van der Waals surface area (Å²) in [6.45, 7) is 2.23. The van der Waals surface area contributed by atoms with E-state index in [0.717, 1.165) is 47.7 Å². The molecule has 3 heteroatoms. The number of anilines is 4. The first-order valence-corrected chi connectivity index (χ1v) is 14.8. The molecule has 1 unspecified atom stereocenters. The average Bonchev–Trinajstić information content (AvgIpc) is 3.26. The van der Waals surface area contributed by atoms with Gasteiger partial charge in [-0.1, -0.05) is 85.0 Å². The second-order valence-corrected chi connectivity index (χ2v) is 10.8.